The van der Waals surface area contributed by atoms with Crippen molar-refractivity contribution in [3.05, 3.63) is 0 Å². The lowest BCUT2D eigenvalue weighted by Gasteiger charge is -2.21. The molecule has 26 heavy (non-hydrogen) atoms. The standard InChI is InChI=1S/C20H39N3O3/c1-6-8-10-11-13-18(12-9-7-2)14-21-19(25)15(3)23-20(26)16(4)22-17(5)24/h15-16,18H,6-14H2,1-5H3,(H,21,25)(H,22,24)(H,23,26)/t15-,16-,18?/m0/s1. The van der Waals surface area contributed by atoms with Crippen molar-refractivity contribution in [2.45, 2.75) is 98.1 Å². The summed E-state index contributed by atoms with van der Waals surface area (Å²) in [7, 11) is 0. The summed E-state index contributed by atoms with van der Waals surface area (Å²) in [5, 5.41) is 8.13. The van der Waals surface area contributed by atoms with E-state index in [0.717, 1.165) is 19.3 Å². The Bertz CT molecular complexity index is 427. The van der Waals surface area contributed by atoms with Crippen LogP contribution in [0.3, 0.4) is 0 Å². The van der Waals surface area contributed by atoms with Crippen LogP contribution in [0.1, 0.15) is 86.0 Å². The van der Waals surface area contributed by atoms with Gasteiger partial charge in [0.1, 0.15) is 12.1 Å². The zero-order valence-electron chi connectivity index (χ0n) is 17.3. The third-order valence-corrected chi connectivity index (χ3v) is 4.56. The van der Waals surface area contributed by atoms with Gasteiger partial charge in [-0.3, -0.25) is 14.4 Å². The molecule has 0 aliphatic rings. The van der Waals surface area contributed by atoms with Crippen molar-refractivity contribution in [1.82, 2.24) is 16.0 Å². The first-order valence-electron chi connectivity index (χ1n) is 10.2. The molecule has 3 amide bonds. The van der Waals surface area contributed by atoms with Crippen molar-refractivity contribution in [1.29, 1.82) is 0 Å². The molecule has 0 heterocycles. The average Bonchev–Trinajstić information content (AvgIpc) is 2.59. The smallest absolute Gasteiger partial charge is 0.242 e. The Morgan fingerprint density at radius 1 is 0.769 bits per heavy atom. The van der Waals surface area contributed by atoms with Gasteiger partial charge in [0.15, 0.2) is 0 Å². The molecule has 0 bridgehead atoms. The van der Waals surface area contributed by atoms with Gasteiger partial charge in [-0.25, -0.2) is 0 Å². The van der Waals surface area contributed by atoms with Crippen molar-refractivity contribution in [2.75, 3.05) is 6.54 Å². The van der Waals surface area contributed by atoms with Gasteiger partial charge in [-0.2, -0.15) is 0 Å². The lowest BCUT2D eigenvalue weighted by Crippen LogP contribution is -2.51. The summed E-state index contributed by atoms with van der Waals surface area (Å²) in [6.07, 6.45) is 9.55. The molecular weight excluding hydrogens is 330 g/mol. The van der Waals surface area contributed by atoms with Crippen LogP contribution >= 0.6 is 0 Å². The normalized spacial score (nSPS) is 14.2. The molecule has 6 heteroatoms. The highest BCUT2D eigenvalue weighted by Crippen LogP contribution is 2.16. The molecule has 0 saturated heterocycles. The maximum Gasteiger partial charge on any atom is 0.242 e. The summed E-state index contributed by atoms with van der Waals surface area (Å²) >= 11 is 0. The van der Waals surface area contributed by atoms with Crippen LogP contribution in [0.25, 0.3) is 0 Å². The topological polar surface area (TPSA) is 87.3 Å². The van der Waals surface area contributed by atoms with E-state index in [1.165, 1.54) is 39.0 Å². The molecule has 3 atom stereocenters. The lowest BCUT2D eigenvalue weighted by atomic mass is 9.95. The van der Waals surface area contributed by atoms with Crippen molar-refractivity contribution in [3.63, 3.8) is 0 Å². The van der Waals surface area contributed by atoms with Crippen molar-refractivity contribution in [2.24, 2.45) is 5.92 Å². The molecule has 0 aromatic carbocycles. The fourth-order valence-electron chi connectivity index (χ4n) is 2.87. The van der Waals surface area contributed by atoms with Crippen LogP contribution in [-0.4, -0.2) is 36.3 Å². The molecule has 0 spiro atoms. The Morgan fingerprint density at radius 3 is 1.92 bits per heavy atom. The summed E-state index contributed by atoms with van der Waals surface area (Å²) in [5.41, 5.74) is 0. The Labute approximate surface area is 159 Å². The molecule has 0 aliphatic carbocycles. The van der Waals surface area contributed by atoms with E-state index in [1.54, 1.807) is 13.8 Å². The second-order valence-electron chi connectivity index (χ2n) is 7.26. The van der Waals surface area contributed by atoms with Crippen LogP contribution in [0.4, 0.5) is 0 Å². The van der Waals surface area contributed by atoms with Gasteiger partial charge in [0.2, 0.25) is 17.7 Å². The Morgan fingerprint density at radius 2 is 1.35 bits per heavy atom. The summed E-state index contributed by atoms with van der Waals surface area (Å²) in [5.74, 6) is -0.308. The van der Waals surface area contributed by atoms with Gasteiger partial charge in [-0.1, -0.05) is 52.4 Å². The number of rotatable bonds is 14. The highest BCUT2D eigenvalue weighted by Gasteiger charge is 2.20. The van der Waals surface area contributed by atoms with Gasteiger partial charge in [-0.05, 0) is 32.6 Å². The predicted octanol–water partition coefficient (Wildman–Crippen LogP) is 2.91. The van der Waals surface area contributed by atoms with E-state index < -0.39 is 12.1 Å². The van der Waals surface area contributed by atoms with Crippen molar-refractivity contribution in [3.8, 4) is 0 Å². The molecule has 3 N–H and O–H groups in total. The molecule has 0 saturated carbocycles. The molecule has 0 rings (SSSR count). The van der Waals surface area contributed by atoms with E-state index >= 15 is 0 Å². The number of nitrogens with one attached hydrogen (secondary N) is 3. The fourth-order valence-corrected chi connectivity index (χ4v) is 2.87. The van der Waals surface area contributed by atoms with Crippen molar-refractivity contribution >= 4 is 17.7 Å². The molecule has 0 aromatic rings. The van der Waals surface area contributed by atoms with E-state index in [2.05, 4.69) is 29.8 Å². The fraction of sp³-hybridized carbons (Fsp3) is 0.850. The number of hydrogen-bond acceptors (Lipinski definition) is 3. The molecule has 0 radical (unpaired) electrons. The Kier molecular flexibility index (Phi) is 13.7. The van der Waals surface area contributed by atoms with Crippen molar-refractivity contribution < 1.29 is 14.4 Å². The number of carbonyl (C=O) groups excluding carboxylic acids is 3. The van der Waals surface area contributed by atoms with Gasteiger partial charge in [0.05, 0.1) is 0 Å². The quantitative estimate of drug-likeness (QED) is 0.411. The molecule has 1 unspecified atom stereocenters. The first-order chi connectivity index (χ1) is 12.3. The molecular formula is C20H39N3O3. The van der Waals surface area contributed by atoms with Gasteiger partial charge < -0.3 is 16.0 Å². The minimum atomic E-state index is -0.654. The summed E-state index contributed by atoms with van der Waals surface area (Å²) in [6.45, 7) is 9.66. The van der Waals surface area contributed by atoms with Gasteiger partial charge >= 0.3 is 0 Å². The average molecular weight is 370 g/mol. The zero-order chi connectivity index (χ0) is 19.9. The summed E-state index contributed by atoms with van der Waals surface area (Å²) in [4.78, 5) is 35.2. The van der Waals surface area contributed by atoms with Crippen LogP contribution < -0.4 is 16.0 Å². The summed E-state index contributed by atoms with van der Waals surface area (Å²) in [6, 6.07) is -1.27. The number of amides is 3. The minimum Gasteiger partial charge on any atom is -0.354 e. The van der Waals surface area contributed by atoms with Crippen LogP contribution in [0.2, 0.25) is 0 Å². The highest BCUT2D eigenvalue weighted by molar-refractivity contribution is 5.91. The zero-order valence-corrected chi connectivity index (χ0v) is 17.3. The van der Waals surface area contributed by atoms with E-state index in [-0.39, 0.29) is 17.7 Å². The SMILES string of the molecule is CCCCCCC(CCCC)CNC(=O)[C@H](C)NC(=O)[C@H](C)NC(C)=O. The first kappa shape index (κ1) is 24.4. The second kappa shape index (κ2) is 14.6. The maximum absolute atomic E-state index is 12.3. The Balaban J connectivity index is 4.32. The molecule has 152 valence electrons. The highest BCUT2D eigenvalue weighted by atomic mass is 16.2. The van der Waals surface area contributed by atoms with Gasteiger partial charge in [0, 0.05) is 13.5 Å². The van der Waals surface area contributed by atoms with Crippen LogP contribution in [0.5, 0.6) is 0 Å². The molecule has 0 aromatic heterocycles. The van der Waals surface area contributed by atoms with E-state index in [0.29, 0.717) is 12.5 Å². The Hall–Kier alpha value is -1.59. The molecule has 0 aliphatic heterocycles. The predicted molar refractivity (Wildman–Crippen MR) is 106 cm³/mol. The third-order valence-electron chi connectivity index (χ3n) is 4.56. The molecule has 6 nitrogen and oxygen atoms in total. The largest absolute Gasteiger partial charge is 0.354 e. The number of carbonyl (C=O) groups is 3. The monoisotopic (exact) mass is 369 g/mol. The van der Waals surface area contributed by atoms with Gasteiger partial charge in [0.25, 0.3) is 0 Å². The number of hydrogen-bond donors (Lipinski definition) is 3. The van der Waals surface area contributed by atoms with Crippen LogP contribution in [-0.2, 0) is 14.4 Å². The summed E-state index contributed by atoms with van der Waals surface area (Å²) < 4.78 is 0. The molecule has 0 fully saturated rings. The van der Waals surface area contributed by atoms with E-state index in [1.807, 2.05) is 0 Å². The maximum atomic E-state index is 12.3. The second-order valence-corrected chi connectivity index (χ2v) is 7.26. The third kappa shape index (κ3) is 11.9. The van der Waals surface area contributed by atoms with E-state index in [4.69, 9.17) is 0 Å². The van der Waals surface area contributed by atoms with Crippen LogP contribution in [0, 0.1) is 5.92 Å². The van der Waals surface area contributed by atoms with Crippen LogP contribution in [0.15, 0.2) is 0 Å². The first-order valence-corrected chi connectivity index (χ1v) is 10.2. The van der Waals surface area contributed by atoms with Gasteiger partial charge in [-0.15, -0.1) is 0 Å². The van der Waals surface area contributed by atoms with E-state index in [9.17, 15) is 14.4 Å². The lowest BCUT2D eigenvalue weighted by molar-refractivity contribution is -0.131. The minimum absolute atomic E-state index is 0.177. The number of unbranched alkanes of at least 4 members (excludes halogenated alkanes) is 4.